The molecular weight excluding hydrogens is 310 g/mol. The SMILES string of the molecule is Cl.NCc1cn([C@@H]2O[C@H](CO)[C@@H](O)[C@H]2O)c(=S)[nH]c1=O. The lowest BCUT2D eigenvalue weighted by molar-refractivity contribution is -0.0542. The van der Waals surface area contributed by atoms with Gasteiger partial charge in [0.15, 0.2) is 11.0 Å². The van der Waals surface area contributed by atoms with Gasteiger partial charge in [-0.25, -0.2) is 0 Å². The van der Waals surface area contributed by atoms with Crippen LogP contribution in [0.3, 0.4) is 0 Å². The van der Waals surface area contributed by atoms with Gasteiger partial charge >= 0.3 is 0 Å². The van der Waals surface area contributed by atoms with Crippen LogP contribution in [-0.4, -0.2) is 49.8 Å². The minimum Gasteiger partial charge on any atom is -0.394 e. The Morgan fingerprint density at radius 1 is 1.45 bits per heavy atom. The first-order chi connectivity index (χ1) is 8.99. The molecule has 1 aromatic heterocycles. The Hall–Kier alpha value is -0.810. The predicted molar refractivity (Wildman–Crippen MR) is 74.0 cm³/mol. The van der Waals surface area contributed by atoms with Gasteiger partial charge in [-0.05, 0) is 12.2 Å². The summed E-state index contributed by atoms with van der Waals surface area (Å²) in [5, 5.41) is 28.6. The van der Waals surface area contributed by atoms with E-state index < -0.39 is 36.7 Å². The van der Waals surface area contributed by atoms with Crippen molar-refractivity contribution in [3.05, 3.63) is 26.9 Å². The van der Waals surface area contributed by atoms with Crippen molar-refractivity contribution in [1.29, 1.82) is 0 Å². The van der Waals surface area contributed by atoms with Gasteiger partial charge in [-0.2, -0.15) is 0 Å². The second-order valence-electron chi connectivity index (χ2n) is 4.25. The second kappa shape index (κ2) is 6.76. The molecule has 2 heterocycles. The number of hydrogen-bond acceptors (Lipinski definition) is 7. The number of rotatable bonds is 3. The number of aliphatic hydroxyl groups excluding tert-OH is 3. The number of hydrogen-bond donors (Lipinski definition) is 5. The van der Waals surface area contributed by atoms with E-state index in [1.165, 1.54) is 10.8 Å². The molecule has 8 nitrogen and oxygen atoms in total. The molecule has 0 spiro atoms. The molecule has 0 aromatic carbocycles. The zero-order chi connectivity index (χ0) is 14.2. The lowest BCUT2D eigenvalue weighted by atomic mass is 10.1. The molecule has 0 saturated carbocycles. The Kier molecular flexibility index (Phi) is 5.83. The number of ether oxygens (including phenoxy) is 1. The van der Waals surface area contributed by atoms with Gasteiger partial charge in [0.25, 0.3) is 5.56 Å². The molecule has 1 aromatic rings. The maximum atomic E-state index is 11.5. The third-order valence-electron chi connectivity index (χ3n) is 3.05. The van der Waals surface area contributed by atoms with Crippen LogP contribution >= 0.6 is 24.6 Å². The van der Waals surface area contributed by atoms with Gasteiger partial charge in [0.2, 0.25) is 0 Å². The van der Waals surface area contributed by atoms with Gasteiger partial charge in [0.1, 0.15) is 18.3 Å². The van der Waals surface area contributed by atoms with Crippen LogP contribution in [0.25, 0.3) is 0 Å². The summed E-state index contributed by atoms with van der Waals surface area (Å²) in [5.74, 6) is 0. The molecule has 0 unspecified atom stereocenters. The zero-order valence-corrected chi connectivity index (χ0v) is 11.9. The van der Waals surface area contributed by atoms with E-state index in [2.05, 4.69) is 4.98 Å². The highest BCUT2D eigenvalue weighted by Crippen LogP contribution is 2.29. The Balaban J connectivity index is 0.00000200. The zero-order valence-electron chi connectivity index (χ0n) is 10.3. The van der Waals surface area contributed by atoms with Gasteiger partial charge in [-0.1, -0.05) is 0 Å². The normalized spacial score (nSPS) is 29.2. The average Bonchev–Trinajstić information content (AvgIpc) is 2.67. The first-order valence-electron chi connectivity index (χ1n) is 5.66. The smallest absolute Gasteiger partial charge is 0.256 e. The van der Waals surface area contributed by atoms with Crippen LogP contribution in [0.5, 0.6) is 0 Å². The molecule has 10 heteroatoms. The van der Waals surface area contributed by atoms with Gasteiger partial charge in [-0.15, -0.1) is 12.4 Å². The minimum atomic E-state index is -1.26. The average molecular weight is 326 g/mol. The highest BCUT2D eigenvalue weighted by Gasteiger charge is 2.43. The van der Waals surface area contributed by atoms with Crippen LogP contribution in [0.2, 0.25) is 0 Å². The molecule has 0 bridgehead atoms. The Morgan fingerprint density at radius 2 is 2.10 bits per heavy atom. The summed E-state index contributed by atoms with van der Waals surface area (Å²) in [6, 6.07) is 0. The van der Waals surface area contributed by atoms with Crippen molar-refractivity contribution >= 4 is 24.6 Å². The van der Waals surface area contributed by atoms with Gasteiger partial charge in [0.05, 0.1) is 6.61 Å². The summed E-state index contributed by atoms with van der Waals surface area (Å²) in [4.78, 5) is 13.9. The highest BCUT2D eigenvalue weighted by atomic mass is 35.5. The Morgan fingerprint density at radius 3 is 2.60 bits per heavy atom. The van der Waals surface area contributed by atoms with Crippen molar-refractivity contribution in [2.75, 3.05) is 6.61 Å². The molecule has 2 rings (SSSR count). The summed E-state index contributed by atoms with van der Waals surface area (Å²) >= 11 is 4.98. The lowest BCUT2D eigenvalue weighted by Crippen LogP contribution is -2.33. The summed E-state index contributed by atoms with van der Waals surface area (Å²) in [5.41, 5.74) is 5.29. The maximum Gasteiger partial charge on any atom is 0.256 e. The summed E-state index contributed by atoms with van der Waals surface area (Å²) < 4.78 is 6.67. The fraction of sp³-hybridized carbons (Fsp3) is 0.600. The van der Waals surface area contributed by atoms with E-state index in [0.717, 1.165) is 0 Å². The molecule has 6 N–H and O–H groups in total. The van der Waals surface area contributed by atoms with Crippen molar-refractivity contribution in [2.24, 2.45) is 5.73 Å². The number of nitrogens with two attached hydrogens (primary N) is 1. The van der Waals surface area contributed by atoms with Crippen LogP contribution in [0.4, 0.5) is 0 Å². The summed E-state index contributed by atoms with van der Waals surface area (Å²) in [6.45, 7) is -0.436. The van der Waals surface area contributed by atoms with Crippen molar-refractivity contribution in [2.45, 2.75) is 31.1 Å². The van der Waals surface area contributed by atoms with Crippen LogP contribution in [0.1, 0.15) is 11.8 Å². The van der Waals surface area contributed by atoms with E-state index in [9.17, 15) is 15.0 Å². The molecule has 0 aliphatic carbocycles. The van der Waals surface area contributed by atoms with E-state index in [-0.39, 0.29) is 29.3 Å². The molecule has 114 valence electrons. The molecule has 0 amide bonds. The monoisotopic (exact) mass is 325 g/mol. The summed E-state index contributed by atoms with van der Waals surface area (Å²) in [7, 11) is 0. The van der Waals surface area contributed by atoms with Crippen LogP contribution in [-0.2, 0) is 11.3 Å². The fourth-order valence-corrected chi connectivity index (χ4v) is 2.22. The number of halogens is 1. The fourth-order valence-electron chi connectivity index (χ4n) is 1.97. The van der Waals surface area contributed by atoms with E-state index in [1.807, 2.05) is 0 Å². The van der Waals surface area contributed by atoms with Gasteiger partial charge < -0.3 is 25.8 Å². The topological polar surface area (TPSA) is 134 Å². The van der Waals surface area contributed by atoms with Gasteiger partial charge in [-0.3, -0.25) is 14.3 Å². The van der Waals surface area contributed by atoms with E-state index >= 15 is 0 Å². The first-order valence-corrected chi connectivity index (χ1v) is 6.07. The highest BCUT2D eigenvalue weighted by molar-refractivity contribution is 7.71. The van der Waals surface area contributed by atoms with Crippen LogP contribution < -0.4 is 11.3 Å². The first kappa shape index (κ1) is 17.2. The molecule has 1 aliphatic rings. The lowest BCUT2D eigenvalue weighted by Gasteiger charge is -2.19. The minimum absolute atomic E-state index is 0. The largest absolute Gasteiger partial charge is 0.394 e. The molecule has 0 radical (unpaired) electrons. The number of nitrogens with zero attached hydrogens (tertiary/aromatic N) is 1. The Labute approximate surface area is 125 Å². The Bertz CT molecular complexity index is 577. The number of aromatic nitrogens is 2. The molecule has 1 fully saturated rings. The third-order valence-corrected chi connectivity index (χ3v) is 3.37. The van der Waals surface area contributed by atoms with Gasteiger partial charge in [0, 0.05) is 18.3 Å². The molecule has 4 atom stereocenters. The number of H-pyrrole nitrogens is 1. The third kappa shape index (κ3) is 2.93. The van der Waals surface area contributed by atoms with Crippen LogP contribution in [0, 0.1) is 4.77 Å². The molecular formula is C10H16ClN3O5S. The second-order valence-corrected chi connectivity index (χ2v) is 4.64. The number of aromatic amines is 1. The molecule has 20 heavy (non-hydrogen) atoms. The number of aliphatic hydroxyl groups is 3. The van der Waals surface area contributed by atoms with Crippen molar-refractivity contribution < 1.29 is 20.1 Å². The molecule has 1 saturated heterocycles. The predicted octanol–water partition coefficient (Wildman–Crippen LogP) is -1.60. The van der Waals surface area contributed by atoms with E-state index in [1.54, 1.807) is 0 Å². The molecule has 1 aliphatic heterocycles. The quantitative estimate of drug-likeness (QED) is 0.422. The van der Waals surface area contributed by atoms with Crippen molar-refractivity contribution in [3.63, 3.8) is 0 Å². The van der Waals surface area contributed by atoms with Crippen molar-refractivity contribution in [3.8, 4) is 0 Å². The van der Waals surface area contributed by atoms with E-state index in [4.69, 9.17) is 27.8 Å². The van der Waals surface area contributed by atoms with Crippen molar-refractivity contribution in [1.82, 2.24) is 9.55 Å². The maximum absolute atomic E-state index is 11.5. The van der Waals surface area contributed by atoms with Crippen LogP contribution in [0.15, 0.2) is 11.0 Å². The van der Waals surface area contributed by atoms with E-state index in [0.29, 0.717) is 0 Å². The number of nitrogens with one attached hydrogen (secondary N) is 1. The standard InChI is InChI=1S/C10H15N3O5S.ClH/c11-1-4-2-13(10(19)12-8(4)17)9-7(16)6(15)5(3-14)18-9;/h2,5-7,9,14-16H,1,3,11H2,(H,12,17,19);1H/t5-,6-,7-,9-;/m1./s1. The summed E-state index contributed by atoms with van der Waals surface area (Å²) in [6.07, 6.45) is -3.01.